The van der Waals surface area contributed by atoms with E-state index in [2.05, 4.69) is 30.6 Å². The van der Waals surface area contributed by atoms with E-state index in [4.69, 9.17) is 11.6 Å². The molecular weight excluding hydrogens is 422 g/mol. The Hall–Kier alpha value is -2.76. The Kier molecular flexibility index (Phi) is 5.11. The molecule has 0 aliphatic carbocycles. The van der Waals surface area contributed by atoms with Crippen molar-refractivity contribution < 1.29 is 4.79 Å². The molecule has 12 heteroatoms. The van der Waals surface area contributed by atoms with Gasteiger partial charge in [0.25, 0.3) is 5.56 Å². The number of carbonyl (C=O) groups is 1. The van der Waals surface area contributed by atoms with Crippen molar-refractivity contribution in [2.24, 2.45) is 0 Å². The lowest BCUT2D eigenvalue weighted by Gasteiger charge is -2.05. The number of aromatic amines is 1. The highest BCUT2D eigenvalue weighted by Crippen LogP contribution is 2.20. The van der Waals surface area contributed by atoms with Gasteiger partial charge in [0.15, 0.2) is 10.8 Å². The van der Waals surface area contributed by atoms with Gasteiger partial charge >= 0.3 is 0 Å². The van der Waals surface area contributed by atoms with Crippen LogP contribution in [-0.4, -0.2) is 41.6 Å². The van der Waals surface area contributed by atoms with Gasteiger partial charge in [0, 0.05) is 5.02 Å². The van der Waals surface area contributed by atoms with Crippen LogP contribution in [0.2, 0.25) is 5.02 Å². The van der Waals surface area contributed by atoms with Gasteiger partial charge in [-0.05, 0) is 25.1 Å². The quantitative estimate of drug-likeness (QED) is 0.367. The molecule has 3 aromatic heterocycles. The predicted octanol–water partition coefficient (Wildman–Crippen LogP) is 2.65. The Bertz CT molecular complexity index is 1230. The van der Waals surface area contributed by atoms with Crippen LogP contribution in [0.3, 0.4) is 0 Å². The topological polar surface area (TPSA) is 118 Å². The van der Waals surface area contributed by atoms with Gasteiger partial charge in [0.1, 0.15) is 10.4 Å². The van der Waals surface area contributed by atoms with E-state index in [-0.39, 0.29) is 17.2 Å². The summed E-state index contributed by atoms with van der Waals surface area (Å²) in [6.07, 6.45) is 1.45. The van der Waals surface area contributed by atoms with E-state index >= 15 is 0 Å². The van der Waals surface area contributed by atoms with Crippen molar-refractivity contribution in [3.63, 3.8) is 0 Å². The second-order valence-electron chi connectivity index (χ2n) is 5.61. The first-order valence-corrected chi connectivity index (χ1v) is 10.1. The monoisotopic (exact) mass is 433 g/mol. The summed E-state index contributed by atoms with van der Waals surface area (Å²) < 4.78 is 1.53. The average molecular weight is 434 g/mol. The lowest BCUT2D eigenvalue weighted by Crippen LogP contribution is -2.15. The fraction of sp³-hybridized carbons (Fsp3) is 0.125. The minimum absolute atomic E-state index is 0.0539. The third-order valence-electron chi connectivity index (χ3n) is 3.58. The molecule has 0 radical (unpaired) electrons. The number of aromatic nitrogens is 6. The molecule has 142 valence electrons. The second-order valence-corrected chi connectivity index (χ2v) is 8.19. The van der Waals surface area contributed by atoms with Crippen molar-refractivity contribution in [3.8, 4) is 5.69 Å². The van der Waals surface area contributed by atoms with Crippen LogP contribution in [0.15, 0.2) is 40.4 Å². The largest absolute Gasteiger partial charge is 0.301 e. The Labute approximate surface area is 171 Å². The van der Waals surface area contributed by atoms with E-state index in [0.29, 0.717) is 32.0 Å². The fourth-order valence-electron chi connectivity index (χ4n) is 2.40. The van der Waals surface area contributed by atoms with Crippen molar-refractivity contribution in [2.75, 3.05) is 11.1 Å². The summed E-state index contributed by atoms with van der Waals surface area (Å²) in [6, 6.07) is 7.07. The van der Waals surface area contributed by atoms with Crippen LogP contribution < -0.4 is 10.9 Å². The Balaban J connectivity index is 1.57. The fourth-order valence-corrected chi connectivity index (χ4v) is 3.85. The molecule has 0 unspecified atom stereocenters. The molecule has 0 aliphatic rings. The molecule has 0 fully saturated rings. The van der Waals surface area contributed by atoms with E-state index in [1.54, 1.807) is 25.1 Å². The lowest BCUT2D eigenvalue weighted by molar-refractivity contribution is -0.113. The third kappa shape index (κ3) is 3.91. The zero-order chi connectivity index (χ0) is 19.7. The molecule has 0 saturated heterocycles. The van der Waals surface area contributed by atoms with Crippen molar-refractivity contribution >= 4 is 56.8 Å². The lowest BCUT2D eigenvalue weighted by atomic mass is 10.3. The Morgan fingerprint density at radius 1 is 1.39 bits per heavy atom. The summed E-state index contributed by atoms with van der Waals surface area (Å²) in [7, 11) is 0. The highest BCUT2D eigenvalue weighted by Gasteiger charge is 2.14. The summed E-state index contributed by atoms with van der Waals surface area (Å²) in [5.74, 6) is -0.217. The summed E-state index contributed by atoms with van der Waals surface area (Å²) in [5.41, 5.74) is 0.732. The van der Waals surface area contributed by atoms with Gasteiger partial charge in [-0.3, -0.25) is 14.9 Å². The van der Waals surface area contributed by atoms with E-state index in [9.17, 15) is 9.59 Å². The zero-order valence-electron chi connectivity index (χ0n) is 14.3. The number of amides is 1. The molecule has 28 heavy (non-hydrogen) atoms. The molecule has 2 N–H and O–H groups in total. The molecule has 4 aromatic rings. The molecular formula is C16H12ClN7O2S2. The van der Waals surface area contributed by atoms with Crippen molar-refractivity contribution in [3.05, 3.63) is 50.8 Å². The smallest absolute Gasteiger partial charge is 0.262 e. The van der Waals surface area contributed by atoms with Gasteiger partial charge in [0.2, 0.25) is 11.0 Å². The number of rotatable bonds is 5. The number of hydrogen-bond acceptors (Lipinski definition) is 8. The molecule has 1 amide bonds. The molecule has 0 bridgehead atoms. The van der Waals surface area contributed by atoms with Crippen molar-refractivity contribution in [1.82, 2.24) is 29.9 Å². The number of anilines is 1. The first-order valence-electron chi connectivity index (χ1n) is 7.96. The van der Waals surface area contributed by atoms with Crippen LogP contribution in [0.1, 0.15) is 5.01 Å². The number of fused-ring (bicyclic) bond motifs is 1. The number of nitrogens with zero attached hydrogens (tertiary/aromatic N) is 5. The molecule has 4 rings (SSSR count). The van der Waals surface area contributed by atoms with Crippen LogP contribution in [0.5, 0.6) is 0 Å². The molecule has 0 saturated carbocycles. The predicted molar refractivity (Wildman–Crippen MR) is 108 cm³/mol. The summed E-state index contributed by atoms with van der Waals surface area (Å²) in [5, 5.41) is 17.0. The van der Waals surface area contributed by atoms with E-state index < -0.39 is 0 Å². The number of thioether (sulfide) groups is 1. The summed E-state index contributed by atoms with van der Waals surface area (Å²) in [4.78, 5) is 31.5. The number of aryl methyl sites for hydroxylation is 1. The zero-order valence-corrected chi connectivity index (χ0v) is 16.7. The first kappa shape index (κ1) is 18.6. The molecule has 9 nitrogen and oxygen atoms in total. The first-order chi connectivity index (χ1) is 13.5. The molecule has 0 atom stereocenters. The highest BCUT2D eigenvalue weighted by molar-refractivity contribution is 7.99. The van der Waals surface area contributed by atoms with Crippen LogP contribution in [0, 0.1) is 6.92 Å². The maximum absolute atomic E-state index is 12.3. The van der Waals surface area contributed by atoms with Crippen molar-refractivity contribution in [1.29, 1.82) is 0 Å². The van der Waals surface area contributed by atoms with Gasteiger partial charge in [-0.25, -0.2) is 9.67 Å². The number of carbonyl (C=O) groups excluding carboxylic acids is 1. The van der Waals surface area contributed by atoms with Gasteiger partial charge in [-0.1, -0.05) is 40.8 Å². The van der Waals surface area contributed by atoms with E-state index in [1.807, 2.05) is 6.07 Å². The molecule has 3 heterocycles. The van der Waals surface area contributed by atoms with Crippen LogP contribution in [0.4, 0.5) is 5.13 Å². The third-order valence-corrected chi connectivity index (χ3v) is 5.44. The summed E-state index contributed by atoms with van der Waals surface area (Å²) in [6.45, 7) is 1.80. The van der Waals surface area contributed by atoms with Gasteiger partial charge < -0.3 is 4.98 Å². The maximum atomic E-state index is 12.3. The normalized spacial score (nSPS) is 11.1. The maximum Gasteiger partial charge on any atom is 0.262 e. The summed E-state index contributed by atoms with van der Waals surface area (Å²) >= 11 is 8.43. The minimum Gasteiger partial charge on any atom is -0.301 e. The number of nitrogens with one attached hydrogen (secondary N) is 2. The van der Waals surface area contributed by atoms with Crippen LogP contribution >= 0.6 is 34.7 Å². The molecule has 0 aliphatic heterocycles. The Morgan fingerprint density at radius 2 is 2.25 bits per heavy atom. The Morgan fingerprint density at radius 3 is 3.00 bits per heavy atom. The standard InChI is InChI=1S/C16H12ClN7O2S2/c1-8-22-23-16(28-8)19-12(25)7-27-15-20-13-11(14(26)21-15)6-18-24(13)10-4-2-3-9(17)5-10/h2-6H,7H2,1H3,(H,19,23,25)(H,20,21,26). The van der Waals surface area contributed by atoms with E-state index in [1.165, 1.54) is 22.2 Å². The number of halogens is 1. The molecule has 0 spiro atoms. The minimum atomic E-state index is -0.332. The molecule has 1 aromatic carbocycles. The number of H-pyrrole nitrogens is 1. The highest BCUT2D eigenvalue weighted by atomic mass is 35.5. The second kappa shape index (κ2) is 7.70. The van der Waals surface area contributed by atoms with Crippen LogP contribution in [0.25, 0.3) is 16.7 Å². The van der Waals surface area contributed by atoms with E-state index in [0.717, 1.165) is 16.8 Å². The van der Waals surface area contributed by atoms with Crippen LogP contribution in [-0.2, 0) is 4.79 Å². The number of hydrogen-bond donors (Lipinski definition) is 2. The SMILES string of the molecule is Cc1nnc(NC(=O)CSc2nc3c(cnn3-c3cccc(Cl)c3)c(=O)[nH]2)s1. The van der Waals surface area contributed by atoms with Gasteiger partial charge in [-0.2, -0.15) is 5.10 Å². The van der Waals surface area contributed by atoms with Crippen molar-refractivity contribution in [2.45, 2.75) is 12.1 Å². The van der Waals surface area contributed by atoms with Gasteiger partial charge in [-0.15, -0.1) is 10.2 Å². The average Bonchev–Trinajstić information content (AvgIpc) is 3.26. The van der Waals surface area contributed by atoms with Gasteiger partial charge in [0.05, 0.1) is 17.6 Å². The number of benzene rings is 1.